The van der Waals surface area contributed by atoms with Crippen LogP contribution in [0.4, 0.5) is 17.6 Å². The lowest BCUT2D eigenvalue weighted by atomic mass is 9.94. The van der Waals surface area contributed by atoms with Crippen LogP contribution in [0.2, 0.25) is 0 Å². The summed E-state index contributed by atoms with van der Waals surface area (Å²) in [5.41, 5.74) is -0.460. The number of aromatic nitrogens is 1. The normalized spacial score (nSPS) is 16.6. The Labute approximate surface area is 152 Å². The second kappa shape index (κ2) is 7.34. The number of pyridine rings is 1. The lowest BCUT2D eigenvalue weighted by Gasteiger charge is -2.40. The van der Waals surface area contributed by atoms with E-state index in [9.17, 15) is 27.2 Å². The van der Waals surface area contributed by atoms with E-state index < -0.39 is 35.9 Å². The van der Waals surface area contributed by atoms with Crippen molar-refractivity contribution in [1.82, 2.24) is 15.2 Å². The average molecular weight is 381 g/mol. The molecule has 1 N–H and O–H groups in total. The first-order valence-corrected chi connectivity index (χ1v) is 8.11. The summed E-state index contributed by atoms with van der Waals surface area (Å²) in [6.07, 6.45) is -1.96. The highest BCUT2D eigenvalue weighted by Crippen LogP contribution is 2.33. The Kier molecular flexibility index (Phi) is 5.11. The molecule has 3 rings (SSSR count). The number of alkyl halides is 3. The molecule has 1 aromatic heterocycles. The van der Waals surface area contributed by atoms with Gasteiger partial charge in [-0.2, -0.15) is 13.2 Å². The maximum atomic E-state index is 13.0. The van der Waals surface area contributed by atoms with Crippen molar-refractivity contribution in [2.75, 3.05) is 6.54 Å². The first kappa shape index (κ1) is 18.8. The summed E-state index contributed by atoms with van der Waals surface area (Å²) >= 11 is 0. The van der Waals surface area contributed by atoms with Crippen LogP contribution in [0.5, 0.6) is 0 Å². The molecule has 2 amide bonds. The maximum absolute atomic E-state index is 13.0. The number of hydrogen-bond acceptors (Lipinski definition) is 3. The molecule has 0 spiro atoms. The molecule has 0 radical (unpaired) electrons. The Balaban J connectivity index is 1.64. The van der Waals surface area contributed by atoms with Crippen LogP contribution < -0.4 is 5.32 Å². The molecule has 9 heteroatoms. The number of nitrogens with one attached hydrogen (secondary N) is 1. The van der Waals surface area contributed by atoms with Crippen LogP contribution in [0.3, 0.4) is 0 Å². The van der Waals surface area contributed by atoms with E-state index in [4.69, 9.17) is 0 Å². The molecule has 1 aliphatic rings. The molecule has 2 aromatic rings. The highest BCUT2D eigenvalue weighted by molar-refractivity contribution is 6.35. The minimum absolute atomic E-state index is 0.232. The molecule has 0 saturated carbocycles. The largest absolute Gasteiger partial charge is 0.416 e. The SMILES string of the molecule is O=C(NCc1cnccc1C(F)(F)F)C(=O)N1CCC1c1ccc(F)cc1. The number of rotatable bonds is 3. The molecule has 5 nitrogen and oxygen atoms in total. The molecule has 2 heterocycles. The second-order valence-corrected chi connectivity index (χ2v) is 6.07. The smallest absolute Gasteiger partial charge is 0.344 e. The van der Waals surface area contributed by atoms with Crippen molar-refractivity contribution >= 4 is 11.8 Å². The van der Waals surface area contributed by atoms with Crippen LogP contribution in [0.15, 0.2) is 42.7 Å². The first-order chi connectivity index (χ1) is 12.8. The van der Waals surface area contributed by atoms with Gasteiger partial charge in [0.15, 0.2) is 0 Å². The fourth-order valence-corrected chi connectivity index (χ4v) is 2.89. The van der Waals surface area contributed by atoms with E-state index in [1.807, 2.05) is 0 Å². The minimum atomic E-state index is -4.59. The fraction of sp³-hybridized carbons (Fsp3) is 0.278. The average Bonchev–Trinajstić information content (AvgIpc) is 2.60. The van der Waals surface area contributed by atoms with Gasteiger partial charge in [0.1, 0.15) is 5.82 Å². The highest BCUT2D eigenvalue weighted by Gasteiger charge is 2.37. The zero-order valence-electron chi connectivity index (χ0n) is 14.0. The number of hydrogen-bond donors (Lipinski definition) is 1. The third-order valence-electron chi connectivity index (χ3n) is 4.38. The van der Waals surface area contributed by atoms with E-state index in [0.29, 0.717) is 18.5 Å². The van der Waals surface area contributed by atoms with Crippen molar-refractivity contribution in [2.24, 2.45) is 0 Å². The summed E-state index contributed by atoms with van der Waals surface area (Å²) in [5, 5.41) is 2.21. The van der Waals surface area contributed by atoms with Gasteiger partial charge in [0.05, 0.1) is 11.6 Å². The first-order valence-electron chi connectivity index (χ1n) is 8.11. The summed E-state index contributed by atoms with van der Waals surface area (Å²) in [4.78, 5) is 29.3. The third kappa shape index (κ3) is 4.07. The van der Waals surface area contributed by atoms with Crippen LogP contribution in [0.1, 0.15) is 29.2 Å². The molecule has 27 heavy (non-hydrogen) atoms. The molecule has 1 unspecified atom stereocenters. The Bertz CT molecular complexity index is 852. The van der Waals surface area contributed by atoms with Crippen molar-refractivity contribution < 1.29 is 27.2 Å². The van der Waals surface area contributed by atoms with Gasteiger partial charge >= 0.3 is 18.0 Å². The van der Waals surface area contributed by atoms with Gasteiger partial charge in [0, 0.05) is 31.0 Å². The number of halogens is 4. The number of carbonyl (C=O) groups is 2. The predicted molar refractivity (Wildman–Crippen MR) is 86.6 cm³/mol. The van der Waals surface area contributed by atoms with Crippen molar-refractivity contribution in [3.05, 3.63) is 65.2 Å². The van der Waals surface area contributed by atoms with E-state index in [1.54, 1.807) is 0 Å². The molecule has 0 aliphatic carbocycles. The second-order valence-electron chi connectivity index (χ2n) is 6.07. The maximum Gasteiger partial charge on any atom is 0.416 e. The van der Waals surface area contributed by atoms with Crippen LogP contribution in [0, 0.1) is 5.82 Å². The van der Waals surface area contributed by atoms with Crippen molar-refractivity contribution in [2.45, 2.75) is 25.2 Å². The molecule has 1 aliphatic heterocycles. The van der Waals surface area contributed by atoms with Gasteiger partial charge < -0.3 is 10.2 Å². The number of nitrogens with zero attached hydrogens (tertiary/aromatic N) is 2. The Morgan fingerprint density at radius 3 is 2.48 bits per heavy atom. The summed E-state index contributed by atoms with van der Waals surface area (Å²) in [6.45, 7) is -0.128. The van der Waals surface area contributed by atoms with E-state index in [0.717, 1.165) is 18.5 Å². The van der Waals surface area contributed by atoms with Gasteiger partial charge in [0.25, 0.3) is 0 Å². The molecular formula is C18H15F4N3O2. The van der Waals surface area contributed by atoms with E-state index in [2.05, 4.69) is 10.3 Å². The molecule has 1 fully saturated rings. The summed E-state index contributed by atoms with van der Waals surface area (Å²) in [7, 11) is 0. The molecule has 1 saturated heterocycles. The minimum Gasteiger partial charge on any atom is -0.344 e. The Morgan fingerprint density at radius 1 is 1.19 bits per heavy atom. The number of amides is 2. The van der Waals surface area contributed by atoms with Crippen LogP contribution >= 0.6 is 0 Å². The molecule has 142 valence electrons. The quantitative estimate of drug-likeness (QED) is 0.657. The molecular weight excluding hydrogens is 366 g/mol. The lowest BCUT2D eigenvalue weighted by Crippen LogP contribution is -2.51. The van der Waals surface area contributed by atoms with Gasteiger partial charge in [-0.05, 0) is 30.2 Å². The topological polar surface area (TPSA) is 62.3 Å². The van der Waals surface area contributed by atoms with Gasteiger partial charge in [-0.25, -0.2) is 4.39 Å². The van der Waals surface area contributed by atoms with Crippen molar-refractivity contribution in [3.8, 4) is 0 Å². The third-order valence-corrected chi connectivity index (χ3v) is 4.38. The van der Waals surface area contributed by atoms with Crippen molar-refractivity contribution in [1.29, 1.82) is 0 Å². The number of carbonyl (C=O) groups excluding carboxylic acids is 2. The Morgan fingerprint density at radius 2 is 1.89 bits per heavy atom. The van der Waals surface area contributed by atoms with E-state index >= 15 is 0 Å². The van der Waals surface area contributed by atoms with Gasteiger partial charge in [0.2, 0.25) is 0 Å². The van der Waals surface area contributed by atoms with E-state index in [-0.39, 0.29) is 11.6 Å². The predicted octanol–water partition coefficient (Wildman–Crippen LogP) is 2.83. The van der Waals surface area contributed by atoms with Crippen LogP contribution in [-0.4, -0.2) is 28.2 Å². The zero-order valence-corrected chi connectivity index (χ0v) is 14.0. The van der Waals surface area contributed by atoms with Crippen molar-refractivity contribution in [3.63, 3.8) is 0 Å². The number of likely N-dealkylation sites (tertiary alicyclic amines) is 1. The monoisotopic (exact) mass is 381 g/mol. The van der Waals surface area contributed by atoms with Crippen LogP contribution in [-0.2, 0) is 22.3 Å². The lowest BCUT2D eigenvalue weighted by molar-refractivity contribution is -0.151. The fourth-order valence-electron chi connectivity index (χ4n) is 2.89. The van der Waals surface area contributed by atoms with Crippen LogP contribution in [0.25, 0.3) is 0 Å². The van der Waals surface area contributed by atoms with Gasteiger partial charge in [-0.1, -0.05) is 12.1 Å². The van der Waals surface area contributed by atoms with Gasteiger partial charge in [-0.15, -0.1) is 0 Å². The van der Waals surface area contributed by atoms with Gasteiger partial charge in [-0.3, -0.25) is 14.6 Å². The van der Waals surface area contributed by atoms with E-state index in [1.165, 1.54) is 29.2 Å². The number of benzene rings is 1. The summed E-state index contributed by atoms with van der Waals surface area (Å²) in [6, 6.07) is 6.04. The highest BCUT2D eigenvalue weighted by atomic mass is 19.4. The molecule has 0 bridgehead atoms. The summed E-state index contributed by atoms with van der Waals surface area (Å²) < 4.78 is 51.8. The Hall–Kier alpha value is -2.97. The standard InChI is InChI=1S/C18H15F4N3O2/c19-13-3-1-11(2-4-13)15-6-8-25(15)17(27)16(26)24-10-12-9-23-7-5-14(12)18(20,21)22/h1-5,7,9,15H,6,8,10H2,(H,24,26). The zero-order chi connectivity index (χ0) is 19.6. The molecule has 1 atom stereocenters. The molecule has 1 aromatic carbocycles. The summed E-state index contributed by atoms with van der Waals surface area (Å²) in [5.74, 6) is -2.25.